The van der Waals surface area contributed by atoms with Gasteiger partial charge in [-0.1, -0.05) is 6.07 Å². The van der Waals surface area contributed by atoms with Gasteiger partial charge in [0.1, 0.15) is 5.75 Å². The number of aryl methyl sites for hydroxylation is 1. The van der Waals surface area contributed by atoms with Crippen LogP contribution in [-0.2, 0) is 17.8 Å². The first-order valence-corrected chi connectivity index (χ1v) is 8.81. The van der Waals surface area contributed by atoms with E-state index in [0.29, 0.717) is 29.8 Å². The molecule has 3 rings (SSSR count). The molecule has 0 saturated heterocycles. The van der Waals surface area contributed by atoms with Crippen molar-refractivity contribution in [1.82, 2.24) is 5.32 Å². The van der Waals surface area contributed by atoms with Crippen molar-refractivity contribution in [1.29, 1.82) is 0 Å². The van der Waals surface area contributed by atoms with Crippen molar-refractivity contribution in [3.8, 4) is 5.75 Å². The van der Waals surface area contributed by atoms with Gasteiger partial charge in [-0.05, 0) is 47.7 Å². The lowest BCUT2D eigenvalue weighted by molar-refractivity contribution is -0.121. The molecule has 0 aliphatic heterocycles. The first-order chi connectivity index (χ1) is 12.9. The van der Waals surface area contributed by atoms with Crippen molar-refractivity contribution in [3.63, 3.8) is 0 Å². The van der Waals surface area contributed by atoms with Crippen LogP contribution in [0.2, 0.25) is 0 Å². The predicted molar refractivity (Wildman–Crippen MR) is 99.3 cm³/mol. The lowest BCUT2D eigenvalue weighted by Crippen LogP contribution is -2.35. The fourth-order valence-corrected chi connectivity index (χ4v) is 3.56. The second-order valence-corrected chi connectivity index (χ2v) is 6.82. The number of carbonyl (C=O) groups is 1. The van der Waals surface area contributed by atoms with Crippen molar-refractivity contribution in [3.05, 3.63) is 58.7 Å². The molecule has 7 heteroatoms. The van der Waals surface area contributed by atoms with E-state index in [9.17, 15) is 13.6 Å². The average Bonchev–Trinajstić information content (AvgIpc) is 3.03. The molecule has 27 heavy (non-hydrogen) atoms. The standard InChI is InChI=1S/C20H23F2N3O2/c1-27-13-4-2-12(18(23)7-13)10-25-20(26)9-19(24)14-5-3-11-6-16(21)17(22)8-15(11)14/h2,4,6-8,14,19H,3,5,9-10,23-24H2,1H3,(H,25,26). The summed E-state index contributed by atoms with van der Waals surface area (Å²) in [4.78, 5) is 12.3. The Morgan fingerprint density at radius 2 is 2.04 bits per heavy atom. The van der Waals surface area contributed by atoms with E-state index in [-0.39, 0.29) is 24.8 Å². The number of rotatable bonds is 6. The van der Waals surface area contributed by atoms with E-state index in [1.165, 1.54) is 12.1 Å². The number of fused-ring (bicyclic) bond motifs is 1. The fourth-order valence-electron chi connectivity index (χ4n) is 3.56. The molecule has 144 valence electrons. The van der Waals surface area contributed by atoms with Crippen LogP contribution < -0.4 is 21.5 Å². The van der Waals surface area contributed by atoms with Gasteiger partial charge in [-0.15, -0.1) is 0 Å². The van der Waals surface area contributed by atoms with Crippen LogP contribution in [0.15, 0.2) is 30.3 Å². The highest BCUT2D eigenvalue weighted by Crippen LogP contribution is 2.36. The van der Waals surface area contributed by atoms with Gasteiger partial charge >= 0.3 is 0 Å². The zero-order chi connectivity index (χ0) is 19.6. The van der Waals surface area contributed by atoms with Crippen molar-refractivity contribution in [2.75, 3.05) is 12.8 Å². The topological polar surface area (TPSA) is 90.4 Å². The third-order valence-corrected chi connectivity index (χ3v) is 5.07. The Hall–Kier alpha value is -2.67. The Kier molecular flexibility index (Phi) is 5.60. The van der Waals surface area contributed by atoms with Crippen molar-refractivity contribution < 1.29 is 18.3 Å². The molecule has 1 aliphatic carbocycles. The number of hydrogen-bond donors (Lipinski definition) is 3. The maximum Gasteiger partial charge on any atom is 0.221 e. The molecule has 2 aromatic rings. The van der Waals surface area contributed by atoms with Crippen LogP contribution in [0.5, 0.6) is 5.75 Å². The van der Waals surface area contributed by atoms with Crippen LogP contribution >= 0.6 is 0 Å². The third-order valence-electron chi connectivity index (χ3n) is 5.07. The van der Waals surface area contributed by atoms with Crippen LogP contribution in [0.4, 0.5) is 14.5 Å². The summed E-state index contributed by atoms with van der Waals surface area (Å²) in [5.74, 6) is -1.46. The molecule has 2 unspecified atom stereocenters. The van der Waals surface area contributed by atoms with Crippen LogP contribution in [0, 0.1) is 11.6 Å². The number of methoxy groups -OCH3 is 1. The molecule has 0 aromatic heterocycles. The molecule has 5 nitrogen and oxygen atoms in total. The highest BCUT2D eigenvalue weighted by molar-refractivity contribution is 5.77. The van der Waals surface area contributed by atoms with Gasteiger partial charge in [-0.3, -0.25) is 4.79 Å². The first kappa shape index (κ1) is 19.1. The molecule has 0 saturated carbocycles. The molecule has 0 heterocycles. The van der Waals surface area contributed by atoms with E-state index in [0.717, 1.165) is 11.1 Å². The maximum absolute atomic E-state index is 13.6. The minimum absolute atomic E-state index is 0.0964. The van der Waals surface area contributed by atoms with Crippen molar-refractivity contribution in [2.24, 2.45) is 5.73 Å². The summed E-state index contributed by atoms with van der Waals surface area (Å²) in [6.45, 7) is 0.280. The average molecular weight is 375 g/mol. The summed E-state index contributed by atoms with van der Waals surface area (Å²) in [7, 11) is 1.55. The summed E-state index contributed by atoms with van der Waals surface area (Å²) in [5.41, 5.74) is 14.9. The molecule has 5 N–H and O–H groups in total. The van der Waals surface area contributed by atoms with E-state index in [4.69, 9.17) is 16.2 Å². The van der Waals surface area contributed by atoms with Crippen molar-refractivity contribution in [2.45, 2.75) is 37.8 Å². The first-order valence-electron chi connectivity index (χ1n) is 8.81. The number of hydrogen-bond acceptors (Lipinski definition) is 4. The molecule has 2 atom stereocenters. The van der Waals surface area contributed by atoms with E-state index in [2.05, 4.69) is 5.32 Å². The number of benzene rings is 2. The smallest absolute Gasteiger partial charge is 0.221 e. The Bertz CT molecular complexity index is 857. The monoisotopic (exact) mass is 375 g/mol. The highest BCUT2D eigenvalue weighted by atomic mass is 19.2. The Labute approximate surface area is 156 Å². The Morgan fingerprint density at radius 1 is 1.30 bits per heavy atom. The van der Waals surface area contributed by atoms with Gasteiger partial charge in [0.25, 0.3) is 0 Å². The molecular formula is C20H23F2N3O2. The number of nitrogen functional groups attached to an aromatic ring is 1. The van der Waals surface area contributed by atoms with Crippen LogP contribution in [0.1, 0.15) is 35.4 Å². The van der Waals surface area contributed by atoms with Gasteiger partial charge in [0.2, 0.25) is 5.91 Å². The largest absolute Gasteiger partial charge is 0.497 e. The number of halogens is 2. The van der Waals surface area contributed by atoms with Gasteiger partial charge in [-0.2, -0.15) is 0 Å². The second kappa shape index (κ2) is 7.92. The summed E-state index contributed by atoms with van der Waals surface area (Å²) in [5, 5.41) is 2.80. The molecule has 2 aromatic carbocycles. The molecule has 0 radical (unpaired) electrons. The second-order valence-electron chi connectivity index (χ2n) is 6.82. The zero-order valence-electron chi connectivity index (χ0n) is 15.1. The van der Waals surface area contributed by atoms with E-state index >= 15 is 0 Å². The molecule has 1 aliphatic rings. The van der Waals surface area contributed by atoms with Crippen LogP contribution in [0.25, 0.3) is 0 Å². The zero-order valence-corrected chi connectivity index (χ0v) is 15.1. The lowest BCUT2D eigenvalue weighted by Gasteiger charge is -2.20. The van der Waals surface area contributed by atoms with Gasteiger partial charge in [0.05, 0.1) is 7.11 Å². The van der Waals surface area contributed by atoms with E-state index in [1.807, 2.05) is 0 Å². The normalized spacial score (nSPS) is 16.7. The summed E-state index contributed by atoms with van der Waals surface area (Å²) < 4.78 is 32.0. The Morgan fingerprint density at radius 3 is 2.74 bits per heavy atom. The van der Waals surface area contributed by atoms with Crippen molar-refractivity contribution >= 4 is 11.6 Å². The number of anilines is 1. The van der Waals surface area contributed by atoms with Gasteiger partial charge < -0.3 is 21.5 Å². The maximum atomic E-state index is 13.6. The Balaban J connectivity index is 1.58. The van der Waals surface area contributed by atoms with Crippen LogP contribution in [0.3, 0.4) is 0 Å². The minimum Gasteiger partial charge on any atom is -0.497 e. The minimum atomic E-state index is -0.882. The lowest BCUT2D eigenvalue weighted by atomic mass is 9.91. The van der Waals surface area contributed by atoms with Gasteiger partial charge in [0, 0.05) is 36.7 Å². The number of amides is 1. The predicted octanol–water partition coefficient (Wildman–Crippen LogP) is 2.62. The number of carbonyl (C=O) groups excluding carboxylic acids is 1. The third kappa shape index (κ3) is 4.19. The fraction of sp³-hybridized carbons (Fsp3) is 0.350. The van der Waals surface area contributed by atoms with E-state index < -0.39 is 17.7 Å². The number of nitrogens with one attached hydrogen (secondary N) is 1. The van der Waals surface area contributed by atoms with Crippen LogP contribution in [-0.4, -0.2) is 19.1 Å². The number of ether oxygens (including phenoxy) is 1. The summed E-state index contributed by atoms with van der Waals surface area (Å²) >= 11 is 0. The molecule has 0 fully saturated rings. The molecule has 0 bridgehead atoms. The highest BCUT2D eigenvalue weighted by Gasteiger charge is 2.30. The SMILES string of the molecule is COc1ccc(CNC(=O)CC(N)C2CCc3cc(F)c(F)cc32)c(N)c1. The summed E-state index contributed by atoms with van der Waals surface area (Å²) in [6, 6.07) is 7.22. The van der Waals surface area contributed by atoms with Gasteiger partial charge in [0.15, 0.2) is 11.6 Å². The quantitative estimate of drug-likeness (QED) is 0.677. The van der Waals surface area contributed by atoms with Gasteiger partial charge in [-0.25, -0.2) is 8.78 Å². The molecule has 0 spiro atoms. The number of nitrogens with two attached hydrogens (primary N) is 2. The molecule has 1 amide bonds. The van der Waals surface area contributed by atoms with E-state index in [1.54, 1.807) is 25.3 Å². The summed E-state index contributed by atoms with van der Waals surface area (Å²) in [6.07, 6.45) is 1.41. The molecular weight excluding hydrogens is 352 g/mol.